The van der Waals surface area contributed by atoms with Crippen molar-refractivity contribution in [1.82, 2.24) is 9.97 Å². The van der Waals surface area contributed by atoms with E-state index in [1.165, 1.54) is 31.3 Å². The van der Waals surface area contributed by atoms with Gasteiger partial charge in [0.15, 0.2) is 0 Å². The van der Waals surface area contributed by atoms with Crippen LogP contribution < -0.4 is 15.4 Å². The van der Waals surface area contributed by atoms with E-state index < -0.39 is 11.8 Å². The van der Waals surface area contributed by atoms with Crippen molar-refractivity contribution in [3.8, 4) is 11.6 Å². The largest absolute Gasteiger partial charge is 0.439 e. The lowest BCUT2D eigenvalue weighted by Crippen LogP contribution is -2.14. The van der Waals surface area contributed by atoms with Crippen LogP contribution in [0.4, 0.5) is 20.4 Å². The molecule has 1 heterocycles. The second-order valence-electron chi connectivity index (χ2n) is 7.61. The third-order valence-corrected chi connectivity index (χ3v) is 4.86. The zero-order valence-electron chi connectivity index (χ0n) is 18.3. The van der Waals surface area contributed by atoms with E-state index in [-0.39, 0.29) is 29.0 Å². The first-order valence-corrected chi connectivity index (χ1v) is 10.3. The second-order valence-corrected chi connectivity index (χ2v) is 7.61. The highest BCUT2D eigenvalue weighted by Gasteiger charge is 2.24. The monoisotopic (exact) mass is 462 g/mol. The maximum absolute atomic E-state index is 13.6. The number of rotatable bonds is 6. The minimum Gasteiger partial charge on any atom is -0.439 e. The molecule has 0 fully saturated rings. The maximum Gasteiger partial charge on any atom is 0.270 e. The molecule has 0 aliphatic carbocycles. The van der Waals surface area contributed by atoms with Crippen LogP contribution in [0.25, 0.3) is 10.8 Å². The van der Waals surface area contributed by atoms with Gasteiger partial charge in [-0.2, -0.15) is 4.98 Å². The first-order chi connectivity index (χ1) is 16.2. The Labute approximate surface area is 193 Å². The summed E-state index contributed by atoms with van der Waals surface area (Å²) in [5.41, 5.74) is 0.476. The molecule has 0 aliphatic rings. The molecule has 2 amide bonds. The fourth-order valence-corrected chi connectivity index (χ4v) is 3.33. The molecule has 9 heteroatoms. The van der Waals surface area contributed by atoms with Crippen LogP contribution in [0.1, 0.15) is 29.8 Å². The number of carbonyl (C=O) groups is 2. The predicted octanol–water partition coefficient (Wildman–Crippen LogP) is 5.74. The molecule has 1 aromatic heterocycles. The SMILES string of the molecule is CC(=O)Nc1nccc(Oc2ccc3c(C(=O)Nc4cccc(C(C)(F)F)c4)cccc3c2)n1. The Morgan fingerprint density at radius 3 is 2.53 bits per heavy atom. The van der Waals surface area contributed by atoms with Crippen LogP contribution in [0.3, 0.4) is 0 Å². The number of ether oxygens (including phenoxy) is 1. The molecule has 0 atom stereocenters. The number of nitrogens with zero attached hydrogens (tertiary/aromatic N) is 2. The lowest BCUT2D eigenvalue weighted by molar-refractivity contribution is -0.114. The molecule has 4 aromatic rings. The number of nitrogens with one attached hydrogen (secondary N) is 2. The molecule has 4 rings (SSSR count). The van der Waals surface area contributed by atoms with Gasteiger partial charge < -0.3 is 10.1 Å². The molecule has 34 heavy (non-hydrogen) atoms. The number of anilines is 2. The molecule has 0 radical (unpaired) electrons. The average molecular weight is 462 g/mol. The Morgan fingerprint density at radius 2 is 1.76 bits per heavy atom. The van der Waals surface area contributed by atoms with Crippen LogP contribution in [0.2, 0.25) is 0 Å². The van der Waals surface area contributed by atoms with Crippen molar-refractivity contribution >= 4 is 34.2 Å². The summed E-state index contributed by atoms with van der Waals surface area (Å²) in [5, 5.41) is 6.56. The first-order valence-electron chi connectivity index (χ1n) is 10.3. The summed E-state index contributed by atoms with van der Waals surface area (Å²) in [4.78, 5) is 32.2. The molecule has 0 saturated heterocycles. The van der Waals surface area contributed by atoms with Gasteiger partial charge >= 0.3 is 0 Å². The highest BCUT2D eigenvalue weighted by Crippen LogP contribution is 2.30. The van der Waals surface area contributed by atoms with Crippen LogP contribution >= 0.6 is 0 Å². The van der Waals surface area contributed by atoms with E-state index in [1.54, 1.807) is 42.5 Å². The van der Waals surface area contributed by atoms with Crippen LogP contribution in [0.15, 0.2) is 72.9 Å². The summed E-state index contributed by atoms with van der Waals surface area (Å²) in [6.45, 7) is 2.16. The number of fused-ring (bicyclic) bond motifs is 1. The number of hydrogen-bond donors (Lipinski definition) is 2. The van der Waals surface area contributed by atoms with Gasteiger partial charge in [0.25, 0.3) is 11.8 Å². The smallest absolute Gasteiger partial charge is 0.270 e. The number of halogens is 2. The second kappa shape index (κ2) is 9.22. The first kappa shape index (κ1) is 22.8. The van der Waals surface area contributed by atoms with Crippen LogP contribution in [-0.2, 0) is 10.7 Å². The molecule has 2 N–H and O–H groups in total. The summed E-state index contributed by atoms with van der Waals surface area (Å²) in [6, 6.07) is 17.5. The molecular formula is C25H20F2N4O3. The zero-order valence-corrected chi connectivity index (χ0v) is 18.3. The van der Waals surface area contributed by atoms with Crippen LogP contribution in [-0.4, -0.2) is 21.8 Å². The minimum absolute atomic E-state index is 0.120. The van der Waals surface area contributed by atoms with Gasteiger partial charge in [0, 0.05) is 42.9 Å². The minimum atomic E-state index is -3.01. The quantitative estimate of drug-likeness (QED) is 0.381. The van der Waals surface area contributed by atoms with Gasteiger partial charge in [0.2, 0.25) is 17.7 Å². The van der Waals surface area contributed by atoms with Gasteiger partial charge in [-0.3, -0.25) is 14.9 Å². The Morgan fingerprint density at radius 1 is 0.971 bits per heavy atom. The van der Waals surface area contributed by atoms with Crippen molar-refractivity contribution in [2.75, 3.05) is 10.6 Å². The summed E-state index contributed by atoms with van der Waals surface area (Å²) in [7, 11) is 0. The predicted molar refractivity (Wildman–Crippen MR) is 124 cm³/mol. The fraction of sp³-hybridized carbons (Fsp3) is 0.120. The van der Waals surface area contributed by atoms with E-state index >= 15 is 0 Å². The van der Waals surface area contributed by atoms with E-state index in [0.717, 1.165) is 12.3 Å². The molecule has 0 aliphatic heterocycles. The molecule has 3 aromatic carbocycles. The number of carbonyl (C=O) groups excluding carboxylic acids is 2. The average Bonchev–Trinajstić information content (AvgIpc) is 2.78. The van der Waals surface area contributed by atoms with Gasteiger partial charge in [0.05, 0.1) is 0 Å². The standard InChI is InChI=1S/C25H20F2N4O3/c1-15(32)29-24-28-12-11-22(31-24)34-19-9-10-20-16(13-19)5-3-8-21(20)23(33)30-18-7-4-6-17(14-18)25(2,26)27/h3-14H,1-2H3,(H,30,33)(H,28,29,31,32). The molecular weight excluding hydrogens is 442 g/mol. The number of amides is 2. The highest BCUT2D eigenvalue weighted by molar-refractivity contribution is 6.13. The van der Waals surface area contributed by atoms with E-state index in [0.29, 0.717) is 16.7 Å². The molecule has 0 bridgehead atoms. The van der Waals surface area contributed by atoms with E-state index in [9.17, 15) is 18.4 Å². The van der Waals surface area contributed by atoms with Crippen molar-refractivity contribution in [3.05, 3.63) is 84.1 Å². The van der Waals surface area contributed by atoms with E-state index in [4.69, 9.17) is 4.74 Å². The van der Waals surface area contributed by atoms with Gasteiger partial charge in [-0.05, 0) is 47.2 Å². The van der Waals surface area contributed by atoms with Crippen LogP contribution in [0, 0.1) is 0 Å². The Kier molecular flexibility index (Phi) is 6.18. The Balaban J connectivity index is 1.57. The zero-order chi connectivity index (χ0) is 24.3. The van der Waals surface area contributed by atoms with Crippen molar-refractivity contribution < 1.29 is 23.1 Å². The van der Waals surface area contributed by atoms with Crippen molar-refractivity contribution in [2.45, 2.75) is 19.8 Å². The third kappa shape index (κ3) is 5.32. The van der Waals surface area contributed by atoms with Crippen molar-refractivity contribution in [1.29, 1.82) is 0 Å². The molecule has 7 nitrogen and oxygen atoms in total. The van der Waals surface area contributed by atoms with Crippen molar-refractivity contribution in [3.63, 3.8) is 0 Å². The van der Waals surface area contributed by atoms with Gasteiger partial charge in [-0.15, -0.1) is 0 Å². The molecule has 0 spiro atoms. The molecule has 0 unspecified atom stereocenters. The lowest BCUT2D eigenvalue weighted by Gasteiger charge is -2.13. The lowest BCUT2D eigenvalue weighted by atomic mass is 10.0. The molecule has 0 saturated carbocycles. The van der Waals surface area contributed by atoms with E-state index in [2.05, 4.69) is 20.6 Å². The topological polar surface area (TPSA) is 93.2 Å². The summed E-state index contributed by atoms with van der Waals surface area (Å²) < 4.78 is 33.0. The Hall–Kier alpha value is -4.40. The van der Waals surface area contributed by atoms with Gasteiger partial charge in [0.1, 0.15) is 5.75 Å². The van der Waals surface area contributed by atoms with Crippen molar-refractivity contribution in [2.24, 2.45) is 0 Å². The Bertz CT molecular complexity index is 1390. The third-order valence-electron chi connectivity index (χ3n) is 4.86. The number of benzene rings is 3. The number of alkyl halides is 2. The maximum atomic E-state index is 13.6. The summed E-state index contributed by atoms with van der Waals surface area (Å²) >= 11 is 0. The number of hydrogen-bond acceptors (Lipinski definition) is 5. The van der Waals surface area contributed by atoms with Gasteiger partial charge in [-0.25, -0.2) is 13.8 Å². The highest BCUT2D eigenvalue weighted by atomic mass is 19.3. The summed E-state index contributed by atoms with van der Waals surface area (Å²) in [6.07, 6.45) is 1.46. The normalized spacial score (nSPS) is 11.2. The number of aromatic nitrogens is 2. The van der Waals surface area contributed by atoms with E-state index in [1.807, 2.05) is 6.07 Å². The van der Waals surface area contributed by atoms with Gasteiger partial charge in [-0.1, -0.05) is 24.3 Å². The summed E-state index contributed by atoms with van der Waals surface area (Å²) in [5.74, 6) is -2.91. The fourth-order valence-electron chi connectivity index (χ4n) is 3.33. The van der Waals surface area contributed by atoms with Crippen LogP contribution in [0.5, 0.6) is 11.6 Å². The molecule has 172 valence electrons.